The third kappa shape index (κ3) is 9.36. The highest BCUT2D eigenvalue weighted by molar-refractivity contribution is 6.04. The van der Waals surface area contributed by atoms with Crippen LogP contribution in [0.15, 0.2) is 83.9 Å². The van der Waals surface area contributed by atoms with Gasteiger partial charge in [0.1, 0.15) is 24.2 Å². The Morgan fingerprint density at radius 1 is 1.00 bits per heavy atom. The fraction of sp³-hybridized carbons (Fsp3) is 0.231. The number of amides is 2. The first-order chi connectivity index (χ1) is 17.0. The highest BCUT2D eigenvalue weighted by atomic mass is 16.5. The van der Waals surface area contributed by atoms with Gasteiger partial charge in [-0.3, -0.25) is 5.32 Å². The van der Waals surface area contributed by atoms with E-state index in [2.05, 4.69) is 20.9 Å². The third-order valence-electron chi connectivity index (χ3n) is 4.93. The molecule has 0 aromatic heterocycles. The van der Waals surface area contributed by atoms with Gasteiger partial charge in [0.25, 0.3) is 0 Å². The molecule has 3 aromatic carbocycles. The van der Waals surface area contributed by atoms with E-state index in [9.17, 15) is 9.90 Å². The molecule has 35 heavy (non-hydrogen) atoms. The number of guanidine groups is 1. The quantitative estimate of drug-likeness (QED) is 0.164. The molecule has 0 bridgehead atoms. The van der Waals surface area contributed by atoms with Crippen LogP contribution in [0, 0.1) is 0 Å². The number of nitrogens with two attached hydrogens (primary N) is 1. The molecule has 9 nitrogen and oxygen atoms in total. The van der Waals surface area contributed by atoms with Crippen LogP contribution in [-0.4, -0.2) is 50.0 Å². The molecule has 0 saturated heterocycles. The van der Waals surface area contributed by atoms with Crippen molar-refractivity contribution in [2.45, 2.75) is 12.5 Å². The van der Waals surface area contributed by atoms with Gasteiger partial charge < -0.3 is 30.9 Å². The zero-order chi connectivity index (χ0) is 24.9. The topological polar surface area (TPSA) is 130 Å². The highest BCUT2D eigenvalue weighted by Gasteiger charge is 2.06. The van der Waals surface area contributed by atoms with Crippen LogP contribution < -0.4 is 31.2 Å². The Balaban J connectivity index is 1.46. The van der Waals surface area contributed by atoms with E-state index in [4.69, 9.17) is 15.2 Å². The fourth-order valence-corrected chi connectivity index (χ4v) is 3.15. The van der Waals surface area contributed by atoms with E-state index in [1.54, 1.807) is 31.4 Å². The van der Waals surface area contributed by atoms with Crippen molar-refractivity contribution in [3.8, 4) is 11.5 Å². The molecule has 0 radical (unpaired) electrons. The van der Waals surface area contributed by atoms with Crippen LogP contribution in [0.1, 0.15) is 5.56 Å². The first kappa shape index (κ1) is 25.5. The first-order valence-electron chi connectivity index (χ1n) is 11.2. The molecule has 3 aromatic rings. The lowest BCUT2D eigenvalue weighted by Gasteiger charge is -2.13. The van der Waals surface area contributed by atoms with E-state index in [1.807, 2.05) is 54.6 Å². The van der Waals surface area contributed by atoms with Crippen LogP contribution in [0.5, 0.6) is 11.5 Å². The summed E-state index contributed by atoms with van der Waals surface area (Å²) in [5.41, 5.74) is 7.77. The monoisotopic (exact) mass is 477 g/mol. The normalized spacial score (nSPS) is 12.0. The molecule has 0 fully saturated rings. The number of anilines is 1. The van der Waals surface area contributed by atoms with Gasteiger partial charge in [0.2, 0.25) is 5.96 Å². The lowest BCUT2D eigenvalue weighted by molar-refractivity contribution is 0.106. The van der Waals surface area contributed by atoms with Gasteiger partial charge in [0.15, 0.2) is 0 Å². The molecule has 0 aliphatic carbocycles. The number of nitrogens with zero attached hydrogens (tertiary/aromatic N) is 1. The van der Waals surface area contributed by atoms with E-state index in [0.29, 0.717) is 18.8 Å². The summed E-state index contributed by atoms with van der Waals surface area (Å²) in [6.45, 7) is 1.38. The van der Waals surface area contributed by atoms with Gasteiger partial charge in [-0.2, -0.15) is 0 Å². The van der Waals surface area contributed by atoms with E-state index in [0.717, 1.165) is 29.2 Å². The molecule has 0 aliphatic rings. The Bertz CT molecular complexity index is 1070. The Morgan fingerprint density at radius 2 is 1.71 bits per heavy atom. The number of rotatable bonds is 11. The number of hydrogen-bond acceptors (Lipinski definition) is 6. The van der Waals surface area contributed by atoms with Gasteiger partial charge >= 0.3 is 6.03 Å². The molecule has 0 heterocycles. The van der Waals surface area contributed by atoms with Gasteiger partial charge in [-0.1, -0.05) is 30.3 Å². The molecule has 0 saturated carbocycles. The second kappa shape index (κ2) is 13.6. The second-order valence-electron chi connectivity index (χ2n) is 7.70. The summed E-state index contributed by atoms with van der Waals surface area (Å²) in [7, 11) is 1.59. The van der Waals surface area contributed by atoms with Crippen molar-refractivity contribution in [3.63, 3.8) is 0 Å². The molecule has 9 heteroatoms. The number of ether oxygens (including phenoxy) is 2. The average molecular weight is 478 g/mol. The van der Waals surface area contributed by atoms with E-state index >= 15 is 0 Å². The Hall–Kier alpha value is -4.08. The number of nitrogens with one attached hydrogen (secondary N) is 3. The molecule has 3 rings (SSSR count). The summed E-state index contributed by atoms with van der Waals surface area (Å²) in [4.78, 5) is 15.8. The Kier molecular flexibility index (Phi) is 9.91. The number of aliphatic hydroxyl groups excluding tert-OH is 1. The van der Waals surface area contributed by atoms with Gasteiger partial charge in [-0.25, -0.2) is 9.79 Å². The summed E-state index contributed by atoms with van der Waals surface area (Å²) >= 11 is 0. The van der Waals surface area contributed by atoms with Crippen molar-refractivity contribution >= 4 is 23.4 Å². The number of para-hydroxylation sites is 1. The number of carbonyl (C=O) groups is 1. The second-order valence-corrected chi connectivity index (χ2v) is 7.70. The molecular formula is C26H31N5O4. The minimum atomic E-state index is -0.719. The average Bonchev–Trinajstić information content (AvgIpc) is 2.87. The van der Waals surface area contributed by atoms with E-state index in [-0.39, 0.29) is 12.6 Å². The number of methoxy groups -OCH3 is 1. The summed E-state index contributed by atoms with van der Waals surface area (Å²) in [5, 5.41) is 18.8. The van der Waals surface area contributed by atoms with Crippen LogP contribution in [0.3, 0.4) is 0 Å². The Morgan fingerprint density at radius 3 is 2.37 bits per heavy atom. The molecule has 0 spiro atoms. The molecule has 6 N–H and O–H groups in total. The third-order valence-corrected chi connectivity index (χ3v) is 4.93. The van der Waals surface area contributed by atoms with Gasteiger partial charge in [0, 0.05) is 12.2 Å². The maximum atomic E-state index is 11.4. The summed E-state index contributed by atoms with van der Waals surface area (Å²) < 4.78 is 10.7. The molecular weight excluding hydrogens is 446 g/mol. The molecule has 2 amide bonds. The molecule has 1 atom stereocenters. The van der Waals surface area contributed by atoms with Crippen molar-refractivity contribution < 1.29 is 19.4 Å². The fourth-order valence-electron chi connectivity index (χ4n) is 3.15. The summed E-state index contributed by atoms with van der Waals surface area (Å²) in [6, 6.07) is 23.5. The lowest BCUT2D eigenvalue weighted by Crippen LogP contribution is -2.39. The summed E-state index contributed by atoms with van der Waals surface area (Å²) in [5.74, 6) is 1.67. The van der Waals surface area contributed by atoms with Gasteiger partial charge in [0.05, 0.1) is 12.8 Å². The lowest BCUT2D eigenvalue weighted by atomic mass is 10.1. The van der Waals surface area contributed by atoms with Gasteiger partial charge in [-0.05, 0) is 67.1 Å². The Labute approximate surface area is 205 Å². The van der Waals surface area contributed by atoms with Crippen LogP contribution >= 0.6 is 0 Å². The number of hydrogen-bond donors (Lipinski definition) is 5. The number of carbonyl (C=O) groups excluding carboxylic acids is 1. The zero-order valence-corrected chi connectivity index (χ0v) is 19.6. The maximum Gasteiger partial charge on any atom is 0.318 e. The highest BCUT2D eigenvalue weighted by Crippen LogP contribution is 2.17. The zero-order valence-electron chi connectivity index (χ0n) is 19.6. The number of aliphatic imine (C=N–C) groups is 1. The number of aliphatic hydroxyl groups is 1. The van der Waals surface area contributed by atoms with Crippen molar-refractivity contribution in [1.29, 1.82) is 0 Å². The number of primary amides is 1. The van der Waals surface area contributed by atoms with Crippen molar-refractivity contribution in [3.05, 3.63) is 84.4 Å². The van der Waals surface area contributed by atoms with Crippen LogP contribution in [0.4, 0.5) is 16.2 Å². The molecule has 0 unspecified atom stereocenters. The van der Waals surface area contributed by atoms with Crippen molar-refractivity contribution in [2.75, 3.05) is 32.1 Å². The van der Waals surface area contributed by atoms with Gasteiger partial charge in [-0.15, -0.1) is 0 Å². The standard InChI is InChI=1S/C26H31N5O4/c1-34-23-13-11-21(12-14-23)30-26(31-25(27)33)29-20-9-7-19(8-10-20)15-16-28-17-22(32)18-35-24-5-3-2-4-6-24/h2-14,22,28,32H,15-18H2,1H3,(H4,27,29,30,31,33)/t22-/m0/s1. The SMILES string of the molecule is COc1ccc(NC(=Nc2ccc(CCNC[C@H](O)COc3ccccc3)cc2)NC(N)=O)cc1. The van der Waals surface area contributed by atoms with E-state index in [1.165, 1.54) is 0 Å². The predicted octanol–water partition coefficient (Wildman–Crippen LogP) is 3.04. The maximum absolute atomic E-state index is 11.4. The van der Waals surface area contributed by atoms with Crippen molar-refractivity contribution in [2.24, 2.45) is 10.7 Å². The van der Waals surface area contributed by atoms with Crippen molar-refractivity contribution in [1.82, 2.24) is 10.6 Å². The largest absolute Gasteiger partial charge is 0.497 e. The van der Waals surface area contributed by atoms with Crippen LogP contribution in [-0.2, 0) is 6.42 Å². The minimum absolute atomic E-state index is 0.212. The molecule has 0 aliphatic heterocycles. The molecule has 184 valence electrons. The number of urea groups is 1. The van der Waals surface area contributed by atoms with E-state index < -0.39 is 12.1 Å². The van der Waals surface area contributed by atoms with Crippen LogP contribution in [0.2, 0.25) is 0 Å². The first-order valence-corrected chi connectivity index (χ1v) is 11.2. The number of benzene rings is 3. The van der Waals surface area contributed by atoms with Crippen LogP contribution in [0.25, 0.3) is 0 Å². The summed E-state index contributed by atoms with van der Waals surface area (Å²) in [6.07, 6.45) is 0.188. The minimum Gasteiger partial charge on any atom is -0.497 e. The predicted molar refractivity (Wildman–Crippen MR) is 137 cm³/mol. The smallest absolute Gasteiger partial charge is 0.318 e.